The molecule has 0 bridgehead atoms. The second kappa shape index (κ2) is 7.23. The number of esters is 1. The fourth-order valence-electron chi connectivity index (χ4n) is 1.94. The van der Waals surface area contributed by atoms with Crippen LogP contribution in [0.4, 0.5) is 5.69 Å². The SMILES string of the molecule is Cc1ccc(NC(=O)[C@H](C)OC(=O)c2sc(C)nc2C)c(Br)c1. The van der Waals surface area contributed by atoms with Crippen molar-refractivity contribution in [2.24, 2.45) is 0 Å². The number of hydrogen-bond acceptors (Lipinski definition) is 5. The van der Waals surface area contributed by atoms with Gasteiger partial charge in [0.1, 0.15) is 4.88 Å². The lowest BCUT2D eigenvalue weighted by molar-refractivity contribution is -0.123. The molecule has 23 heavy (non-hydrogen) atoms. The number of thiazole rings is 1. The van der Waals surface area contributed by atoms with Gasteiger partial charge in [-0.3, -0.25) is 4.79 Å². The summed E-state index contributed by atoms with van der Waals surface area (Å²) in [6, 6.07) is 5.58. The number of amides is 1. The van der Waals surface area contributed by atoms with Crippen LogP contribution in [0.2, 0.25) is 0 Å². The number of benzene rings is 1. The Hall–Kier alpha value is -1.73. The van der Waals surface area contributed by atoms with Crippen LogP contribution < -0.4 is 5.32 Å². The molecule has 2 rings (SSSR count). The molecule has 0 unspecified atom stereocenters. The van der Waals surface area contributed by atoms with Crippen LogP contribution >= 0.6 is 27.3 Å². The van der Waals surface area contributed by atoms with E-state index in [2.05, 4.69) is 26.2 Å². The monoisotopic (exact) mass is 396 g/mol. The number of anilines is 1. The standard InChI is InChI=1S/C16H17BrN2O3S/c1-8-5-6-13(12(17)7-8)19-15(20)10(3)22-16(21)14-9(2)18-11(4)23-14/h5-7,10H,1-4H3,(H,19,20)/t10-/m0/s1. The Morgan fingerprint density at radius 3 is 2.57 bits per heavy atom. The summed E-state index contributed by atoms with van der Waals surface area (Å²) in [5.74, 6) is -0.916. The number of aryl methyl sites for hydroxylation is 3. The summed E-state index contributed by atoms with van der Waals surface area (Å²) in [5, 5.41) is 3.53. The molecule has 1 atom stereocenters. The largest absolute Gasteiger partial charge is 0.448 e. The van der Waals surface area contributed by atoms with Gasteiger partial charge in [0, 0.05) is 4.47 Å². The zero-order valence-corrected chi connectivity index (χ0v) is 15.7. The Balaban J connectivity index is 2.02. The van der Waals surface area contributed by atoms with Gasteiger partial charge >= 0.3 is 5.97 Å². The Labute approximate surface area is 147 Å². The molecular formula is C16H17BrN2O3S. The number of carbonyl (C=O) groups is 2. The van der Waals surface area contributed by atoms with Crippen LogP contribution in [0, 0.1) is 20.8 Å². The van der Waals surface area contributed by atoms with Gasteiger partial charge in [-0.05, 0) is 61.3 Å². The fourth-order valence-corrected chi connectivity index (χ4v) is 3.34. The number of rotatable bonds is 4. The summed E-state index contributed by atoms with van der Waals surface area (Å²) in [5.41, 5.74) is 2.32. The molecule has 0 saturated carbocycles. The van der Waals surface area contributed by atoms with Crippen LogP contribution in [0.1, 0.15) is 32.9 Å². The molecule has 0 aliphatic rings. The molecule has 1 N–H and O–H groups in total. The van der Waals surface area contributed by atoms with Crippen LogP contribution in [-0.2, 0) is 9.53 Å². The minimum atomic E-state index is -0.905. The van der Waals surface area contributed by atoms with Crippen molar-refractivity contribution < 1.29 is 14.3 Å². The van der Waals surface area contributed by atoms with E-state index in [4.69, 9.17) is 4.74 Å². The first kappa shape index (κ1) is 17.6. The lowest BCUT2D eigenvalue weighted by Crippen LogP contribution is -2.30. The summed E-state index contributed by atoms with van der Waals surface area (Å²) >= 11 is 4.65. The second-order valence-corrected chi connectivity index (χ2v) is 7.23. The van der Waals surface area contributed by atoms with Crippen LogP contribution in [-0.4, -0.2) is 23.0 Å². The van der Waals surface area contributed by atoms with Crippen LogP contribution in [0.3, 0.4) is 0 Å². The van der Waals surface area contributed by atoms with E-state index in [1.54, 1.807) is 19.9 Å². The molecule has 5 nitrogen and oxygen atoms in total. The molecule has 1 aromatic carbocycles. The topological polar surface area (TPSA) is 68.3 Å². The van der Waals surface area contributed by atoms with Crippen molar-refractivity contribution in [1.82, 2.24) is 4.98 Å². The van der Waals surface area contributed by atoms with E-state index >= 15 is 0 Å². The summed E-state index contributed by atoms with van der Waals surface area (Å²) in [6.07, 6.45) is -0.905. The van der Waals surface area contributed by atoms with Gasteiger partial charge in [0.25, 0.3) is 5.91 Å². The number of hydrogen-bond donors (Lipinski definition) is 1. The molecule has 0 saturated heterocycles. The van der Waals surface area contributed by atoms with Crippen molar-refractivity contribution in [2.45, 2.75) is 33.8 Å². The predicted molar refractivity (Wildman–Crippen MR) is 94.0 cm³/mol. The molecule has 122 valence electrons. The van der Waals surface area contributed by atoms with Crippen molar-refractivity contribution >= 4 is 44.8 Å². The maximum Gasteiger partial charge on any atom is 0.351 e. The number of aromatic nitrogens is 1. The molecule has 1 heterocycles. The van der Waals surface area contributed by atoms with Gasteiger partial charge in [0.05, 0.1) is 16.4 Å². The summed E-state index contributed by atoms with van der Waals surface area (Å²) in [4.78, 5) is 28.9. The summed E-state index contributed by atoms with van der Waals surface area (Å²) < 4.78 is 6.01. The van der Waals surface area contributed by atoms with E-state index in [0.29, 0.717) is 16.3 Å². The Morgan fingerprint density at radius 1 is 1.30 bits per heavy atom. The van der Waals surface area contributed by atoms with Gasteiger partial charge in [-0.25, -0.2) is 9.78 Å². The van der Waals surface area contributed by atoms with E-state index in [0.717, 1.165) is 15.0 Å². The van der Waals surface area contributed by atoms with Gasteiger partial charge < -0.3 is 10.1 Å². The van der Waals surface area contributed by atoms with E-state index in [1.165, 1.54) is 11.3 Å². The first-order chi connectivity index (χ1) is 10.8. The van der Waals surface area contributed by atoms with Gasteiger partial charge in [0.15, 0.2) is 6.10 Å². The van der Waals surface area contributed by atoms with Crippen LogP contribution in [0.15, 0.2) is 22.7 Å². The first-order valence-corrected chi connectivity index (χ1v) is 8.61. The fraction of sp³-hybridized carbons (Fsp3) is 0.312. The Bertz CT molecular complexity index is 758. The predicted octanol–water partition coefficient (Wildman–Crippen LogP) is 4.01. The van der Waals surface area contributed by atoms with Gasteiger partial charge in [0.2, 0.25) is 0 Å². The highest BCUT2D eigenvalue weighted by Gasteiger charge is 2.22. The van der Waals surface area contributed by atoms with Crippen molar-refractivity contribution in [2.75, 3.05) is 5.32 Å². The minimum Gasteiger partial charge on any atom is -0.448 e. The Kier molecular flexibility index (Phi) is 5.54. The van der Waals surface area contributed by atoms with E-state index in [9.17, 15) is 9.59 Å². The maximum absolute atomic E-state index is 12.2. The number of ether oxygens (including phenoxy) is 1. The second-order valence-electron chi connectivity index (χ2n) is 5.17. The highest BCUT2D eigenvalue weighted by molar-refractivity contribution is 9.10. The zero-order chi connectivity index (χ0) is 17.1. The smallest absolute Gasteiger partial charge is 0.351 e. The average Bonchev–Trinajstić information content (AvgIpc) is 2.80. The normalized spacial score (nSPS) is 11.9. The number of halogens is 1. The molecule has 0 aliphatic carbocycles. The Morgan fingerprint density at radius 2 is 2.00 bits per heavy atom. The molecule has 0 radical (unpaired) electrons. The lowest BCUT2D eigenvalue weighted by Gasteiger charge is -2.14. The van der Waals surface area contributed by atoms with Crippen molar-refractivity contribution in [1.29, 1.82) is 0 Å². The summed E-state index contributed by atoms with van der Waals surface area (Å²) in [7, 11) is 0. The first-order valence-electron chi connectivity index (χ1n) is 7.00. The number of nitrogens with zero attached hydrogens (tertiary/aromatic N) is 1. The lowest BCUT2D eigenvalue weighted by atomic mass is 10.2. The van der Waals surface area contributed by atoms with Gasteiger partial charge in [-0.1, -0.05) is 6.07 Å². The van der Waals surface area contributed by atoms with Crippen LogP contribution in [0.5, 0.6) is 0 Å². The number of nitrogens with one attached hydrogen (secondary N) is 1. The van der Waals surface area contributed by atoms with Crippen molar-refractivity contribution in [3.8, 4) is 0 Å². The van der Waals surface area contributed by atoms with Crippen LogP contribution in [0.25, 0.3) is 0 Å². The molecule has 2 aromatic rings. The molecule has 1 amide bonds. The number of carbonyl (C=O) groups excluding carboxylic acids is 2. The summed E-state index contributed by atoms with van der Waals surface area (Å²) in [6.45, 7) is 7.06. The average molecular weight is 397 g/mol. The molecule has 0 fully saturated rings. The minimum absolute atomic E-state index is 0.387. The molecule has 0 spiro atoms. The third-order valence-electron chi connectivity index (χ3n) is 3.12. The quantitative estimate of drug-likeness (QED) is 0.792. The maximum atomic E-state index is 12.2. The van der Waals surface area contributed by atoms with Gasteiger partial charge in [-0.2, -0.15) is 0 Å². The van der Waals surface area contributed by atoms with E-state index in [-0.39, 0.29) is 5.91 Å². The molecule has 0 aliphatic heterocycles. The van der Waals surface area contributed by atoms with E-state index in [1.807, 2.05) is 26.0 Å². The molecule has 7 heteroatoms. The van der Waals surface area contributed by atoms with E-state index < -0.39 is 12.1 Å². The molecule has 1 aromatic heterocycles. The molecular weight excluding hydrogens is 380 g/mol. The third-order valence-corrected chi connectivity index (χ3v) is 4.83. The van der Waals surface area contributed by atoms with Crippen molar-refractivity contribution in [3.63, 3.8) is 0 Å². The van der Waals surface area contributed by atoms with Gasteiger partial charge in [-0.15, -0.1) is 11.3 Å². The third kappa shape index (κ3) is 4.39. The van der Waals surface area contributed by atoms with Crippen molar-refractivity contribution in [3.05, 3.63) is 43.8 Å². The zero-order valence-electron chi connectivity index (χ0n) is 13.3. The highest BCUT2D eigenvalue weighted by Crippen LogP contribution is 2.24. The highest BCUT2D eigenvalue weighted by atomic mass is 79.9.